The Hall–Kier alpha value is -2.36. The predicted octanol–water partition coefficient (Wildman–Crippen LogP) is 5.03. The molecule has 1 saturated heterocycles. The van der Waals surface area contributed by atoms with Gasteiger partial charge in [0.25, 0.3) is 10.0 Å². The summed E-state index contributed by atoms with van der Waals surface area (Å²) < 4.78 is 27.8. The van der Waals surface area contributed by atoms with E-state index in [2.05, 4.69) is 36.5 Å². The van der Waals surface area contributed by atoms with Crippen LogP contribution in [0.2, 0.25) is 0 Å². The average molecular weight is 426 g/mol. The molecule has 2 aromatic carbocycles. The van der Waals surface area contributed by atoms with E-state index in [9.17, 15) is 13.7 Å². The number of nitrogens with zero attached hydrogens (tertiary/aromatic N) is 2. The van der Waals surface area contributed by atoms with Crippen molar-refractivity contribution in [3.05, 3.63) is 60.2 Å². The molecule has 0 unspecified atom stereocenters. The Labute approximate surface area is 180 Å². The minimum Gasteiger partial charge on any atom is -0.299 e. The van der Waals surface area contributed by atoms with Crippen LogP contribution in [0.3, 0.4) is 0 Å². The molecule has 1 aliphatic rings. The lowest BCUT2D eigenvalue weighted by molar-refractivity contribution is 0.00711. The molecule has 0 saturated carbocycles. The molecule has 3 rings (SSSR count). The molecule has 1 N–H and O–H groups in total. The first-order valence-electron chi connectivity index (χ1n) is 10.4. The van der Waals surface area contributed by atoms with Gasteiger partial charge in [-0.25, -0.2) is 8.42 Å². The maximum Gasteiger partial charge on any atom is 0.261 e. The van der Waals surface area contributed by atoms with Crippen LogP contribution in [-0.2, 0) is 16.6 Å². The molecule has 1 heterocycles. The number of piperidine rings is 1. The lowest BCUT2D eigenvalue weighted by Crippen LogP contribution is -2.46. The van der Waals surface area contributed by atoms with Crippen LogP contribution >= 0.6 is 0 Å². The van der Waals surface area contributed by atoms with Crippen molar-refractivity contribution >= 4 is 15.7 Å². The fourth-order valence-electron chi connectivity index (χ4n) is 4.29. The molecule has 6 heteroatoms. The van der Waals surface area contributed by atoms with Gasteiger partial charge in [-0.2, -0.15) is 5.26 Å². The van der Waals surface area contributed by atoms with Crippen molar-refractivity contribution in [1.29, 1.82) is 5.26 Å². The molecular weight excluding hydrogens is 394 g/mol. The van der Waals surface area contributed by atoms with Crippen LogP contribution in [0.25, 0.3) is 0 Å². The number of benzene rings is 2. The first kappa shape index (κ1) is 22.3. The van der Waals surface area contributed by atoms with E-state index in [1.807, 2.05) is 18.2 Å². The van der Waals surface area contributed by atoms with Gasteiger partial charge in [-0.15, -0.1) is 0 Å². The summed E-state index contributed by atoms with van der Waals surface area (Å²) in [5, 5.41) is 9.33. The van der Waals surface area contributed by atoms with Gasteiger partial charge in [0.05, 0.1) is 11.0 Å². The Balaban J connectivity index is 1.66. The normalized spacial score (nSPS) is 17.3. The number of anilines is 1. The highest BCUT2D eigenvalue weighted by Gasteiger charge is 2.43. The van der Waals surface area contributed by atoms with Gasteiger partial charge in [-0.1, -0.05) is 51.1 Å². The monoisotopic (exact) mass is 425 g/mol. The minimum atomic E-state index is -3.60. The molecule has 0 aliphatic carbocycles. The van der Waals surface area contributed by atoms with E-state index in [-0.39, 0.29) is 15.7 Å². The van der Waals surface area contributed by atoms with Crippen LogP contribution in [-0.4, -0.2) is 26.4 Å². The highest BCUT2D eigenvalue weighted by atomic mass is 32.2. The molecule has 0 spiro atoms. The summed E-state index contributed by atoms with van der Waals surface area (Å²) in [7, 11) is -3.60. The average Bonchev–Trinajstić information content (AvgIpc) is 2.69. The van der Waals surface area contributed by atoms with Crippen LogP contribution in [0.4, 0.5) is 5.69 Å². The van der Waals surface area contributed by atoms with E-state index in [1.54, 1.807) is 36.4 Å². The Bertz CT molecular complexity index is 997. The molecule has 0 atom stereocenters. The smallest absolute Gasteiger partial charge is 0.261 e. The third-order valence-electron chi connectivity index (χ3n) is 6.46. The van der Waals surface area contributed by atoms with Crippen molar-refractivity contribution < 1.29 is 8.42 Å². The van der Waals surface area contributed by atoms with Crippen LogP contribution in [0, 0.1) is 22.2 Å². The van der Waals surface area contributed by atoms with Crippen LogP contribution < -0.4 is 4.72 Å². The molecule has 1 fully saturated rings. The molecule has 2 aromatic rings. The van der Waals surface area contributed by atoms with Crippen LogP contribution in [0.1, 0.15) is 45.6 Å². The van der Waals surface area contributed by atoms with Gasteiger partial charge in [-0.3, -0.25) is 9.62 Å². The molecule has 0 radical (unpaired) electrons. The number of nitrogens with one attached hydrogen (secondary N) is 1. The zero-order valence-electron chi connectivity index (χ0n) is 18.1. The van der Waals surface area contributed by atoms with Crippen molar-refractivity contribution in [2.24, 2.45) is 10.8 Å². The summed E-state index contributed by atoms with van der Waals surface area (Å²) in [5.41, 5.74) is 1.81. The number of hydrogen-bond acceptors (Lipinski definition) is 4. The molecule has 1 aliphatic heterocycles. The van der Waals surface area contributed by atoms with Gasteiger partial charge in [0.1, 0.15) is 0 Å². The number of hydrogen-bond donors (Lipinski definition) is 1. The van der Waals surface area contributed by atoms with Crippen molar-refractivity contribution in [3.8, 4) is 6.07 Å². The van der Waals surface area contributed by atoms with E-state index in [4.69, 9.17) is 0 Å². The summed E-state index contributed by atoms with van der Waals surface area (Å²) in [5.74, 6) is 0. The highest BCUT2D eigenvalue weighted by Crippen LogP contribution is 2.49. The molecule has 0 aromatic heterocycles. The molecule has 5 nitrogen and oxygen atoms in total. The van der Waals surface area contributed by atoms with E-state index >= 15 is 0 Å². The van der Waals surface area contributed by atoms with E-state index < -0.39 is 10.0 Å². The first-order chi connectivity index (χ1) is 14.2. The number of rotatable bonds is 6. The second-order valence-corrected chi connectivity index (χ2v) is 10.9. The van der Waals surface area contributed by atoms with Crippen molar-refractivity contribution in [1.82, 2.24) is 4.90 Å². The minimum absolute atomic E-state index is 0.0609. The molecule has 30 heavy (non-hydrogen) atoms. The van der Waals surface area contributed by atoms with Gasteiger partial charge in [0.2, 0.25) is 0 Å². The zero-order chi connectivity index (χ0) is 21.8. The largest absolute Gasteiger partial charge is 0.299 e. The summed E-state index contributed by atoms with van der Waals surface area (Å²) in [6.45, 7) is 9.37. The third-order valence-corrected chi connectivity index (χ3v) is 7.86. The number of nitriles is 1. The zero-order valence-corrected chi connectivity index (χ0v) is 18.9. The van der Waals surface area contributed by atoms with E-state index in [0.717, 1.165) is 38.0 Å². The van der Waals surface area contributed by atoms with Crippen molar-refractivity contribution in [2.75, 3.05) is 17.8 Å². The fourth-order valence-corrected chi connectivity index (χ4v) is 5.36. The standard InChI is InChI=1S/C24H31N3O2S/c1-23(2,3)24(12-15-25)13-16-27(17-14-24)19-20-8-7-9-21(18-20)26-30(28,29)22-10-5-4-6-11-22/h4-11,18,26H,12-14,16-17,19H2,1-3H3. The van der Waals surface area contributed by atoms with Gasteiger partial charge >= 0.3 is 0 Å². The molecule has 0 amide bonds. The van der Waals surface area contributed by atoms with Gasteiger partial charge < -0.3 is 0 Å². The second kappa shape index (κ2) is 8.79. The van der Waals surface area contributed by atoms with E-state index in [1.165, 1.54) is 0 Å². The third kappa shape index (κ3) is 5.03. The van der Waals surface area contributed by atoms with Gasteiger partial charge in [-0.05, 0) is 66.6 Å². The molecular formula is C24H31N3O2S. The lowest BCUT2D eigenvalue weighted by Gasteiger charge is -2.49. The Morgan fingerprint density at radius 3 is 2.33 bits per heavy atom. The fraction of sp³-hybridized carbons (Fsp3) is 0.458. The van der Waals surface area contributed by atoms with Gasteiger partial charge in [0.15, 0.2) is 0 Å². The van der Waals surface area contributed by atoms with Gasteiger partial charge in [0, 0.05) is 18.7 Å². The Morgan fingerprint density at radius 2 is 1.73 bits per heavy atom. The second-order valence-electron chi connectivity index (χ2n) is 9.26. The summed E-state index contributed by atoms with van der Waals surface area (Å²) in [6.07, 6.45) is 2.61. The first-order valence-corrected chi connectivity index (χ1v) is 11.9. The highest BCUT2D eigenvalue weighted by molar-refractivity contribution is 7.92. The van der Waals surface area contributed by atoms with Crippen LogP contribution in [0.15, 0.2) is 59.5 Å². The molecule has 0 bridgehead atoms. The van der Waals surface area contributed by atoms with E-state index in [0.29, 0.717) is 12.1 Å². The number of likely N-dealkylation sites (tertiary alicyclic amines) is 1. The summed E-state index contributed by atoms with van der Waals surface area (Å²) in [6, 6.07) is 18.4. The Morgan fingerprint density at radius 1 is 1.07 bits per heavy atom. The maximum absolute atomic E-state index is 12.6. The van der Waals surface area contributed by atoms with Crippen LogP contribution in [0.5, 0.6) is 0 Å². The van der Waals surface area contributed by atoms with Crippen molar-refractivity contribution in [3.63, 3.8) is 0 Å². The predicted molar refractivity (Wildman–Crippen MR) is 120 cm³/mol. The number of sulfonamides is 1. The summed E-state index contributed by atoms with van der Waals surface area (Å²) >= 11 is 0. The SMILES string of the molecule is CC(C)(C)C1(CC#N)CCN(Cc2cccc(NS(=O)(=O)c3ccccc3)c2)CC1. The topological polar surface area (TPSA) is 73.2 Å². The molecule has 160 valence electrons. The Kier molecular flexibility index (Phi) is 6.54. The quantitative estimate of drug-likeness (QED) is 0.704. The van der Waals surface area contributed by atoms with Crippen molar-refractivity contribution in [2.45, 2.75) is 51.5 Å². The lowest BCUT2D eigenvalue weighted by atomic mass is 9.60. The maximum atomic E-state index is 12.6. The summed E-state index contributed by atoms with van der Waals surface area (Å²) in [4.78, 5) is 2.65.